The predicted molar refractivity (Wildman–Crippen MR) is 282 cm³/mol. The van der Waals surface area contributed by atoms with Crippen LogP contribution in [0, 0.1) is 30.1 Å². The van der Waals surface area contributed by atoms with Gasteiger partial charge >= 0.3 is 0 Å². The Kier molecular flexibility index (Phi) is 15.7. The number of nitrogens with zero attached hydrogens (tertiary/aromatic N) is 9. The van der Waals surface area contributed by atoms with Crippen LogP contribution in [0.15, 0.2) is 70.8 Å². The highest BCUT2D eigenvalue weighted by Gasteiger charge is 2.44. The monoisotopic (exact) mass is 1030 g/mol. The van der Waals surface area contributed by atoms with Crippen molar-refractivity contribution in [1.29, 1.82) is 5.26 Å². The highest BCUT2D eigenvalue weighted by molar-refractivity contribution is 7.16. The molecule has 6 heterocycles. The van der Waals surface area contributed by atoms with Crippen LogP contribution in [0.3, 0.4) is 0 Å². The second-order valence-corrected chi connectivity index (χ2v) is 22.7. The molecule has 0 saturated carbocycles. The van der Waals surface area contributed by atoms with Gasteiger partial charge in [0.15, 0.2) is 0 Å². The number of aromatic nitrogens is 5. The Morgan fingerprint density at radius 2 is 1.86 bits per heavy atom. The van der Waals surface area contributed by atoms with Crippen molar-refractivity contribution in [2.24, 2.45) is 11.8 Å². The van der Waals surface area contributed by atoms with E-state index in [1.165, 1.54) is 20.9 Å². The standard InChI is InChI=1S/C54H67N11O6S2/c1-32(2)48(53(69)64-29-39(66)26-42(64)52(68)58-47(49(67)33(3)4)35-14-16-36(17-15-35)50-34(5)57-31-72-50)65-30-45(59-61-65)70-24-10-20-62-19-9-21-63(23-22-62)38-12-7-11-37(25-38)41-27-44(71-60-41)54(6)18-8-13-43-46(54)40(28-55)51(56)73-43/h7,11-12,14-17,25,27,30-33,39,42,47-49,66-67H,8-10,13,18-24,26,29,56H2,1-6H3,(H,58,68)/t39-,42+,47-,48?,49-,54-/m1/s1. The molecule has 2 saturated heterocycles. The minimum Gasteiger partial charge on any atom is -0.475 e. The topological polar surface area (TPSA) is 225 Å². The van der Waals surface area contributed by atoms with Crippen LogP contribution >= 0.6 is 22.7 Å². The van der Waals surface area contributed by atoms with Crippen molar-refractivity contribution in [2.75, 3.05) is 56.5 Å². The minimum atomic E-state index is -0.957. The molecule has 4 aromatic heterocycles. The van der Waals surface area contributed by atoms with E-state index in [9.17, 15) is 25.1 Å². The average molecular weight is 1030 g/mol. The molecule has 17 nitrogen and oxygen atoms in total. The molecular formula is C54H67N11O6S2. The van der Waals surface area contributed by atoms with Gasteiger partial charge in [0.05, 0.1) is 58.1 Å². The molecule has 0 bridgehead atoms. The summed E-state index contributed by atoms with van der Waals surface area (Å²) in [7, 11) is 0. The van der Waals surface area contributed by atoms with Crippen LogP contribution in [0.1, 0.15) is 112 Å². The van der Waals surface area contributed by atoms with Gasteiger partial charge in [0.25, 0.3) is 5.88 Å². The fourth-order valence-electron chi connectivity index (χ4n) is 10.9. The summed E-state index contributed by atoms with van der Waals surface area (Å²) in [4.78, 5) is 41.5. The van der Waals surface area contributed by atoms with Gasteiger partial charge in [-0.2, -0.15) is 5.26 Å². The van der Waals surface area contributed by atoms with Crippen molar-refractivity contribution in [3.63, 3.8) is 0 Å². The first-order valence-corrected chi connectivity index (χ1v) is 27.2. The number of ether oxygens (including phenoxy) is 1. The van der Waals surface area contributed by atoms with E-state index in [0.717, 1.165) is 120 Å². The number of aryl methyl sites for hydroxylation is 2. The zero-order valence-corrected chi connectivity index (χ0v) is 44.2. The van der Waals surface area contributed by atoms with Gasteiger partial charge in [-0.05, 0) is 93.2 Å². The summed E-state index contributed by atoms with van der Waals surface area (Å²) in [6, 6.07) is 18.1. The number of carbonyl (C=O) groups is 2. The van der Waals surface area contributed by atoms with E-state index >= 15 is 0 Å². The fourth-order valence-corrected chi connectivity index (χ4v) is 12.9. The SMILES string of the molecule is Cc1ncsc1-c1ccc([C@@H](NC(=O)[C@@H]2C[C@@H](O)CN2C(=O)C(C(C)C)n2cc(OCCCN3CCCN(c4cccc(-c5cc([C@@]6(C)CCCc7sc(N)c(C#N)c76)on5)c4)CC3)nn2)[C@H](O)C(C)C)cc1. The Morgan fingerprint density at radius 3 is 2.60 bits per heavy atom. The number of likely N-dealkylation sites (tertiary alicyclic amines) is 1. The fraction of sp³-hybridized carbons (Fsp3) is 0.500. The molecule has 2 aromatic carbocycles. The van der Waals surface area contributed by atoms with Crippen molar-refractivity contribution in [2.45, 2.75) is 116 Å². The first-order chi connectivity index (χ1) is 35.1. The molecule has 2 amide bonds. The first kappa shape index (κ1) is 51.7. The molecule has 2 fully saturated rings. The Balaban J connectivity index is 0.776. The smallest absolute Gasteiger partial charge is 0.253 e. The third-order valence-corrected chi connectivity index (χ3v) is 17.0. The molecule has 6 aromatic rings. The first-order valence-electron chi connectivity index (χ1n) is 25.5. The number of thiophene rings is 1. The molecule has 386 valence electrons. The molecule has 5 N–H and O–H groups in total. The van der Waals surface area contributed by atoms with E-state index in [1.54, 1.807) is 17.5 Å². The van der Waals surface area contributed by atoms with Gasteiger partial charge in [0.1, 0.15) is 34.6 Å². The van der Waals surface area contributed by atoms with Crippen LogP contribution in [0.4, 0.5) is 10.7 Å². The number of benzene rings is 2. The maximum atomic E-state index is 14.4. The number of β-amino-alcohol motifs (C(OH)–C–C–N with tert-alkyl or cyclic N) is 1. The number of nitriles is 1. The second kappa shape index (κ2) is 22.1. The van der Waals surface area contributed by atoms with Crippen molar-refractivity contribution in [1.82, 2.24) is 40.3 Å². The Bertz CT molecular complexity index is 2920. The van der Waals surface area contributed by atoms with Crippen LogP contribution in [-0.2, 0) is 21.4 Å². The molecule has 3 aliphatic rings. The molecule has 9 rings (SSSR count). The van der Waals surface area contributed by atoms with E-state index in [0.29, 0.717) is 23.1 Å². The average Bonchev–Trinajstić information content (AvgIpc) is 4.23. The molecule has 1 aliphatic carbocycles. The summed E-state index contributed by atoms with van der Waals surface area (Å²) in [5.41, 5.74) is 14.7. The molecule has 6 atom stereocenters. The lowest BCUT2D eigenvalue weighted by Crippen LogP contribution is -2.51. The third-order valence-electron chi connectivity index (χ3n) is 14.9. The van der Waals surface area contributed by atoms with Crippen LogP contribution in [0.25, 0.3) is 21.7 Å². The van der Waals surface area contributed by atoms with Gasteiger partial charge in [-0.1, -0.05) is 79.6 Å². The van der Waals surface area contributed by atoms with Gasteiger partial charge in [0, 0.05) is 61.3 Å². The van der Waals surface area contributed by atoms with Crippen molar-refractivity contribution in [3.05, 3.63) is 99.3 Å². The number of aliphatic hydroxyl groups excluding tert-OH is 2. The Morgan fingerprint density at radius 1 is 1.05 bits per heavy atom. The number of anilines is 2. The number of aliphatic hydroxyl groups is 2. The molecular weight excluding hydrogens is 963 g/mol. The Labute approximate surface area is 434 Å². The van der Waals surface area contributed by atoms with Gasteiger partial charge < -0.3 is 45.2 Å². The number of thiazole rings is 1. The van der Waals surface area contributed by atoms with Crippen molar-refractivity contribution in [3.8, 4) is 33.6 Å². The van der Waals surface area contributed by atoms with Crippen LogP contribution in [0.2, 0.25) is 0 Å². The number of nitrogen functional groups attached to an aromatic ring is 1. The summed E-state index contributed by atoms with van der Waals surface area (Å²) in [6.07, 6.45) is 4.42. The van der Waals surface area contributed by atoms with E-state index in [1.807, 2.05) is 70.5 Å². The highest BCUT2D eigenvalue weighted by Crippen LogP contribution is 2.49. The number of carbonyl (C=O) groups excluding carboxylic acids is 2. The maximum absolute atomic E-state index is 14.4. The normalized spacial score (nSPS) is 20.7. The zero-order chi connectivity index (χ0) is 51.6. The van der Waals surface area contributed by atoms with Gasteiger partial charge in [0.2, 0.25) is 11.8 Å². The lowest BCUT2D eigenvalue weighted by Gasteiger charge is -2.32. The minimum absolute atomic E-state index is 0.0114. The van der Waals surface area contributed by atoms with E-state index in [-0.39, 0.29) is 30.7 Å². The van der Waals surface area contributed by atoms with Gasteiger partial charge in [-0.25, -0.2) is 9.67 Å². The van der Waals surface area contributed by atoms with Crippen LogP contribution in [-0.4, -0.2) is 121 Å². The van der Waals surface area contributed by atoms with Crippen LogP contribution in [0.5, 0.6) is 5.88 Å². The van der Waals surface area contributed by atoms with E-state index < -0.39 is 41.7 Å². The zero-order valence-electron chi connectivity index (χ0n) is 42.5. The van der Waals surface area contributed by atoms with Gasteiger partial charge in [-0.3, -0.25) is 9.59 Å². The quantitative estimate of drug-likeness (QED) is 0.0648. The second-order valence-electron chi connectivity index (χ2n) is 20.7. The van der Waals surface area contributed by atoms with Crippen molar-refractivity contribution >= 4 is 45.2 Å². The van der Waals surface area contributed by atoms with Crippen molar-refractivity contribution < 1.29 is 29.1 Å². The molecule has 19 heteroatoms. The summed E-state index contributed by atoms with van der Waals surface area (Å²) < 4.78 is 13.6. The van der Waals surface area contributed by atoms with Crippen LogP contribution < -0.4 is 20.7 Å². The summed E-state index contributed by atoms with van der Waals surface area (Å²) in [5.74, 6) is -0.154. The Hall–Kier alpha value is -6.17. The molecule has 73 heavy (non-hydrogen) atoms. The number of nitrogens with one attached hydrogen (secondary N) is 1. The lowest BCUT2D eigenvalue weighted by molar-refractivity contribution is -0.143. The number of hydrogen-bond acceptors (Lipinski definition) is 16. The number of fused-ring (bicyclic) bond motifs is 1. The largest absolute Gasteiger partial charge is 0.475 e. The van der Waals surface area contributed by atoms with Gasteiger partial charge in [-0.15, -0.1) is 22.7 Å². The maximum Gasteiger partial charge on any atom is 0.253 e. The highest BCUT2D eigenvalue weighted by atomic mass is 32.1. The third kappa shape index (κ3) is 10.9. The summed E-state index contributed by atoms with van der Waals surface area (Å²) >= 11 is 3.07. The number of hydrogen-bond donors (Lipinski definition) is 4. The summed E-state index contributed by atoms with van der Waals surface area (Å²) in [6.45, 7) is 16.6. The predicted octanol–water partition coefficient (Wildman–Crippen LogP) is 7.54. The number of amides is 2. The number of rotatable bonds is 17. The number of nitrogens with two attached hydrogens (primary N) is 1. The lowest BCUT2D eigenvalue weighted by atomic mass is 9.71. The van der Waals surface area contributed by atoms with E-state index in [4.69, 9.17) is 15.0 Å². The van der Waals surface area contributed by atoms with E-state index in [2.05, 4.69) is 72.8 Å². The molecule has 0 spiro atoms. The molecule has 1 unspecified atom stereocenters. The molecule has 0 radical (unpaired) electrons. The summed E-state index contributed by atoms with van der Waals surface area (Å²) in [5, 5.41) is 48.9. The molecule has 2 aliphatic heterocycles.